The molecule has 1 saturated heterocycles. The van der Waals surface area contributed by atoms with E-state index in [9.17, 15) is 0 Å². The van der Waals surface area contributed by atoms with Crippen LogP contribution in [0.5, 0.6) is 0 Å². The highest BCUT2D eigenvalue weighted by atomic mass is 35.5. The zero-order chi connectivity index (χ0) is 14.1. The first-order valence-electron chi connectivity index (χ1n) is 7.08. The topological polar surface area (TPSA) is 54.2 Å². The smallest absolute Gasteiger partial charge is 0.297 e. The Bertz CT molecular complexity index is 573. The lowest BCUT2D eigenvalue weighted by atomic mass is 10.1. The van der Waals surface area contributed by atoms with Gasteiger partial charge in [0.25, 0.3) is 6.01 Å². The van der Waals surface area contributed by atoms with Crippen LogP contribution in [0.2, 0.25) is 5.15 Å². The second-order valence-electron chi connectivity index (χ2n) is 5.31. The summed E-state index contributed by atoms with van der Waals surface area (Å²) in [6.07, 6.45) is 2.34. The van der Waals surface area contributed by atoms with Crippen molar-refractivity contribution in [2.45, 2.75) is 32.7 Å². The summed E-state index contributed by atoms with van der Waals surface area (Å²) in [5.41, 5.74) is 2.14. The molecule has 0 spiro atoms. The molecule has 0 bridgehead atoms. The summed E-state index contributed by atoms with van der Waals surface area (Å²) in [4.78, 5) is 11.0. The summed E-state index contributed by atoms with van der Waals surface area (Å²) in [6, 6.07) is 2.80. The van der Waals surface area contributed by atoms with Gasteiger partial charge in [-0.15, -0.1) is 0 Å². The van der Waals surface area contributed by atoms with Gasteiger partial charge in [0.2, 0.25) is 5.65 Å². The van der Waals surface area contributed by atoms with E-state index in [0.717, 1.165) is 25.1 Å². The van der Waals surface area contributed by atoms with Crippen LogP contribution in [-0.2, 0) is 0 Å². The highest BCUT2D eigenvalue weighted by Crippen LogP contribution is 2.23. The molecule has 0 saturated carbocycles. The molecule has 1 atom stereocenters. The molecule has 20 heavy (non-hydrogen) atoms. The van der Waals surface area contributed by atoms with Gasteiger partial charge in [0.05, 0.1) is 0 Å². The Morgan fingerprint density at radius 1 is 1.50 bits per heavy atom. The van der Waals surface area contributed by atoms with Crippen molar-refractivity contribution in [3.8, 4) is 0 Å². The van der Waals surface area contributed by atoms with Crippen molar-refractivity contribution >= 4 is 28.8 Å². The zero-order valence-electron chi connectivity index (χ0n) is 11.8. The standard InChI is InChI=1S/C14H19ClN4O/c1-3-19-6-4-5-10(8-19)16-14-18-13-11(20-14)7-9(2)12(15)17-13/h7,10H,3-6,8H2,1-2H3,(H,16,17,18)/t10-/m1/s1. The molecule has 108 valence electrons. The number of likely N-dealkylation sites (N-methyl/N-ethyl adjacent to an activating group) is 1. The number of pyridine rings is 1. The van der Waals surface area contributed by atoms with Crippen molar-refractivity contribution in [1.29, 1.82) is 0 Å². The third-order valence-corrected chi connectivity index (χ3v) is 4.17. The average molecular weight is 295 g/mol. The van der Waals surface area contributed by atoms with Gasteiger partial charge < -0.3 is 14.6 Å². The molecule has 5 nitrogen and oxygen atoms in total. The van der Waals surface area contributed by atoms with Gasteiger partial charge in [0.15, 0.2) is 5.58 Å². The number of anilines is 1. The number of likely N-dealkylation sites (tertiary alicyclic amines) is 1. The van der Waals surface area contributed by atoms with Gasteiger partial charge in [-0.3, -0.25) is 0 Å². The summed E-state index contributed by atoms with van der Waals surface area (Å²) in [7, 11) is 0. The van der Waals surface area contributed by atoms with E-state index in [1.807, 2.05) is 13.0 Å². The zero-order valence-corrected chi connectivity index (χ0v) is 12.6. The third-order valence-electron chi connectivity index (χ3n) is 3.79. The van der Waals surface area contributed by atoms with E-state index < -0.39 is 0 Å². The minimum Gasteiger partial charge on any atom is -0.422 e. The largest absolute Gasteiger partial charge is 0.422 e. The Kier molecular flexibility index (Phi) is 3.81. The van der Waals surface area contributed by atoms with Gasteiger partial charge in [-0.1, -0.05) is 18.5 Å². The minimum atomic E-state index is 0.383. The van der Waals surface area contributed by atoms with E-state index in [1.165, 1.54) is 13.0 Å². The first kappa shape index (κ1) is 13.6. The van der Waals surface area contributed by atoms with Crippen molar-refractivity contribution in [3.63, 3.8) is 0 Å². The molecule has 0 amide bonds. The second-order valence-corrected chi connectivity index (χ2v) is 5.67. The Morgan fingerprint density at radius 3 is 3.15 bits per heavy atom. The number of nitrogens with one attached hydrogen (secondary N) is 1. The minimum absolute atomic E-state index is 0.383. The summed E-state index contributed by atoms with van der Waals surface area (Å²) >= 11 is 6.01. The lowest BCUT2D eigenvalue weighted by molar-refractivity contribution is 0.225. The Morgan fingerprint density at radius 2 is 2.35 bits per heavy atom. The van der Waals surface area contributed by atoms with Crippen LogP contribution in [0.25, 0.3) is 11.2 Å². The normalized spacial score (nSPS) is 20.4. The van der Waals surface area contributed by atoms with Gasteiger partial charge in [0.1, 0.15) is 5.15 Å². The average Bonchev–Trinajstić information content (AvgIpc) is 2.80. The number of hydrogen-bond donors (Lipinski definition) is 1. The number of piperidine rings is 1. The molecule has 2 aromatic rings. The highest BCUT2D eigenvalue weighted by molar-refractivity contribution is 6.30. The van der Waals surface area contributed by atoms with Crippen LogP contribution in [0.1, 0.15) is 25.3 Å². The van der Waals surface area contributed by atoms with Gasteiger partial charge in [-0.05, 0) is 44.5 Å². The number of nitrogens with zero attached hydrogens (tertiary/aromatic N) is 3. The van der Waals surface area contributed by atoms with E-state index in [-0.39, 0.29) is 0 Å². The number of aromatic nitrogens is 2. The van der Waals surface area contributed by atoms with E-state index in [1.54, 1.807) is 0 Å². The summed E-state index contributed by atoms with van der Waals surface area (Å²) in [5, 5.41) is 3.85. The molecule has 1 fully saturated rings. The third kappa shape index (κ3) is 2.74. The van der Waals surface area contributed by atoms with Gasteiger partial charge in [-0.25, -0.2) is 4.98 Å². The number of hydrogen-bond acceptors (Lipinski definition) is 5. The lowest BCUT2D eigenvalue weighted by Gasteiger charge is -2.31. The van der Waals surface area contributed by atoms with Crippen LogP contribution in [0.15, 0.2) is 10.5 Å². The monoisotopic (exact) mass is 294 g/mol. The van der Waals surface area contributed by atoms with Crippen molar-refractivity contribution in [1.82, 2.24) is 14.9 Å². The van der Waals surface area contributed by atoms with Crippen molar-refractivity contribution in [3.05, 3.63) is 16.8 Å². The van der Waals surface area contributed by atoms with Crippen LogP contribution >= 0.6 is 11.6 Å². The molecule has 0 aliphatic carbocycles. The molecule has 1 N–H and O–H groups in total. The van der Waals surface area contributed by atoms with Crippen LogP contribution in [-0.4, -0.2) is 40.5 Å². The number of halogens is 1. The first-order chi connectivity index (χ1) is 9.65. The molecule has 6 heteroatoms. The Labute approximate surface area is 123 Å². The fraction of sp³-hybridized carbons (Fsp3) is 0.571. The number of fused-ring (bicyclic) bond motifs is 1. The van der Waals surface area contributed by atoms with Crippen LogP contribution in [0, 0.1) is 6.92 Å². The lowest BCUT2D eigenvalue weighted by Crippen LogP contribution is -2.41. The molecule has 3 heterocycles. The van der Waals surface area contributed by atoms with E-state index in [4.69, 9.17) is 16.0 Å². The van der Waals surface area contributed by atoms with Crippen LogP contribution < -0.4 is 5.32 Å². The molecule has 2 aromatic heterocycles. The van der Waals surface area contributed by atoms with Gasteiger partial charge >= 0.3 is 0 Å². The summed E-state index contributed by atoms with van der Waals surface area (Å²) in [5.74, 6) is 0. The van der Waals surface area contributed by atoms with Gasteiger partial charge in [-0.2, -0.15) is 4.98 Å². The molecule has 0 radical (unpaired) electrons. The van der Waals surface area contributed by atoms with E-state index >= 15 is 0 Å². The van der Waals surface area contributed by atoms with E-state index in [0.29, 0.717) is 28.4 Å². The van der Waals surface area contributed by atoms with E-state index in [2.05, 4.69) is 27.1 Å². The quantitative estimate of drug-likeness (QED) is 0.882. The van der Waals surface area contributed by atoms with Gasteiger partial charge in [0, 0.05) is 12.6 Å². The molecule has 3 rings (SSSR count). The molecule has 0 aromatic carbocycles. The molecule has 1 aliphatic heterocycles. The number of aryl methyl sites for hydroxylation is 1. The molecular formula is C14H19ClN4O. The van der Waals surface area contributed by atoms with Crippen LogP contribution in [0.3, 0.4) is 0 Å². The first-order valence-corrected chi connectivity index (χ1v) is 7.46. The second kappa shape index (κ2) is 5.58. The molecule has 1 aliphatic rings. The maximum absolute atomic E-state index is 6.01. The SMILES string of the molecule is CCN1CCC[C@@H](Nc2nc3nc(Cl)c(C)cc3o2)C1. The summed E-state index contributed by atoms with van der Waals surface area (Å²) < 4.78 is 5.71. The molecule has 0 unspecified atom stereocenters. The fourth-order valence-corrected chi connectivity index (χ4v) is 2.77. The number of oxazole rings is 1. The molecular weight excluding hydrogens is 276 g/mol. The Hall–Kier alpha value is -1.33. The summed E-state index contributed by atoms with van der Waals surface area (Å²) in [6.45, 7) is 7.39. The maximum atomic E-state index is 6.01. The maximum Gasteiger partial charge on any atom is 0.297 e. The predicted molar refractivity (Wildman–Crippen MR) is 80.3 cm³/mol. The van der Waals surface area contributed by atoms with Crippen molar-refractivity contribution < 1.29 is 4.42 Å². The Balaban J connectivity index is 1.77. The van der Waals surface area contributed by atoms with Crippen LogP contribution in [0.4, 0.5) is 6.01 Å². The van der Waals surface area contributed by atoms with Crippen molar-refractivity contribution in [2.75, 3.05) is 25.0 Å². The number of rotatable bonds is 3. The predicted octanol–water partition coefficient (Wildman–Crippen LogP) is 3.08. The highest BCUT2D eigenvalue weighted by Gasteiger charge is 2.20. The fourth-order valence-electron chi connectivity index (χ4n) is 2.63. The van der Waals surface area contributed by atoms with Crippen molar-refractivity contribution in [2.24, 2.45) is 0 Å².